The lowest BCUT2D eigenvalue weighted by atomic mass is 10.1. The highest BCUT2D eigenvalue weighted by Crippen LogP contribution is 2.32. The fraction of sp³-hybridized carbons (Fsp3) is 0.429. The maximum absolute atomic E-state index is 11.9. The number of thiocarbonyl (C=S) groups is 1. The van der Waals surface area contributed by atoms with Crippen molar-refractivity contribution in [3.63, 3.8) is 0 Å². The number of ether oxygens (including phenoxy) is 2. The molecule has 6 heteroatoms. The highest BCUT2D eigenvalue weighted by Gasteiger charge is 2.33. The van der Waals surface area contributed by atoms with Crippen LogP contribution in [0.4, 0.5) is 5.69 Å². The molecule has 1 saturated heterocycles. The van der Waals surface area contributed by atoms with Crippen molar-refractivity contribution in [2.75, 3.05) is 25.7 Å². The summed E-state index contributed by atoms with van der Waals surface area (Å²) in [5, 5.41) is 0. The van der Waals surface area contributed by atoms with Crippen LogP contribution in [0, 0.1) is 0 Å². The molecule has 0 saturated carbocycles. The average Bonchev–Trinajstić information content (AvgIpc) is 2.94. The lowest BCUT2D eigenvalue weighted by molar-refractivity contribution is -0.141. The smallest absolute Gasteiger partial charge is 0.328 e. The Kier molecular flexibility index (Phi) is 4.44. The Bertz CT molecular complexity index is 533. The molecule has 5 nitrogen and oxygen atoms in total. The quantitative estimate of drug-likeness (QED) is 0.670. The van der Waals surface area contributed by atoms with Gasteiger partial charge in [-0.05, 0) is 25.0 Å². The minimum absolute atomic E-state index is 0.237. The van der Waals surface area contributed by atoms with E-state index in [4.69, 9.17) is 27.4 Å². The zero-order valence-electron chi connectivity index (χ0n) is 11.6. The van der Waals surface area contributed by atoms with E-state index in [1.165, 1.54) is 7.11 Å². The second-order valence-corrected chi connectivity index (χ2v) is 5.06. The van der Waals surface area contributed by atoms with Gasteiger partial charge in [0.1, 0.15) is 16.8 Å². The number of hydrogen-bond donors (Lipinski definition) is 1. The lowest BCUT2D eigenvalue weighted by Crippen LogP contribution is -2.38. The van der Waals surface area contributed by atoms with Gasteiger partial charge in [-0.15, -0.1) is 0 Å². The second-order valence-electron chi connectivity index (χ2n) is 4.62. The minimum Gasteiger partial charge on any atom is -0.497 e. The molecule has 1 aromatic carbocycles. The van der Waals surface area contributed by atoms with Crippen LogP contribution >= 0.6 is 12.2 Å². The molecule has 1 atom stereocenters. The number of benzene rings is 1. The molecule has 0 aliphatic carbocycles. The van der Waals surface area contributed by atoms with E-state index in [-0.39, 0.29) is 12.0 Å². The topological polar surface area (TPSA) is 64.8 Å². The van der Waals surface area contributed by atoms with Crippen LogP contribution in [-0.4, -0.2) is 37.8 Å². The minimum atomic E-state index is -0.291. The van der Waals surface area contributed by atoms with Gasteiger partial charge in [-0.3, -0.25) is 0 Å². The summed E-state index contributed by atoms with van der Waals surface area (Å²) in [6, 6.07) is 5.19. The molecule has 0 amide bonds. The van der Waals surface area contributed by atoms with Crippen molar-refractivity contribution >= 4 is 28.9 Å². The van der Waals surface area contributed by atoms with E-state index < -0.39 is 0 Å². The predicted molar refractivity (Wildman–Crippen MR) is 81.3 cm³/mol. The van der Waals surface area contributed by atoms with Crippen LogP contribution in [0.2, 0.25) is 0 Å². The van der Waals surface area contributed by atoms with Gasteiger partial charge in [0.15, 0.2) is 0 Å². The van der Waals surface area contributed by atoms with Crippen LogP contribution in [0.1, 0.15) is 18.4 Å². The Morgan fingerprint density at radius 3 is 2.80 bits per heavy atom. The van der Waals surface area contributed by atoms with E-state index >= 15 is 0 Å². The Morgan fingerprint density at radius 2 is 2.20 bits per heavy atom. The largest absolute Gasteiger partial charge is 0.497 e. The number of nitrogens with two attached hydrogens (primary N) is 1. The first-order valence-corrected chi connectivity index (χ1v) is 6.81. The van der Waals surface area contributed by atoms with Gasteiger partial charge in [0.05, 0.1) is 19.9 Å². The van der Waals surface area contributed by atoms with Crippen LogP contribution < -0.4 is 15.4 Å². The summed E-state index contributed by atoms with van der Waals surface area (Å²) in [5.74, 6) is 0.467. The molecule has 1 unspecified atom stereocenters. The van der Waals surface area contributed by atoms with Crippen LogP contribution in [-0.2, 0) is 9.53 Å². The van der Waals surface area contributed by atoms with Crippen molar-refractivity contribution in [2.45, 2.75) is 18.9 Å². The van der Waals surface area contributed by atoms with Crippen LogP contribution in [0.25, 0.3) is 0 Å². The Labute approximate surface area is 123 Å². The fourth-order valence-electron chi connectivity index (χ4n) is 2.52. The summed E-state index contributed by atoms with van der Waals surface area (Å²) < 4.78 is 10.1. The third-order valence-electron chi connectivity index (χ3n) is 3.51. The maximum Gasteiger partial charge on any atom is 0.328 e. The van der Waals surface area contributed by atoms with Crippen molar-refractivity contribution in [3.05, 3.63) is 23.8 Å². The zero-order valence-corrected chi connectivity index (χ0v) is 12.4. The molecule has 0 radical (unpaired) electrons. The van der Waals surface area contributed by atoms with Crippen molar-refractivity contribution < 1.29 is 14.3 Å². The molecule has 108 valence electrons. The number of anilines is 1. The molecule has 20 heavy (non-hydrogen) atoms. The summed E-state index contributed by atoms with van der Waals surface area (Å²) in [4.78, 5) is 14.2. The summed E-state index contributed by atoms with van der Waals surface area (Å²) in [7, 11) is 3.00. The predicted octanol–water partition coefficient (Wildman–Crippen LogP) is 1.47. The summed E-state index contributed by atoms with van der Waals surface area (Å²) in [5.41, 5.74) is 7.35. The van der Waals surface area contributed by atoms with E-state index in [0.717, 1.165) is 30.6 Å². The molecule has 0 spiro atoms. The first-order chi connectivity index (χ1) is 9.58. The standard InChI is InChI=1S/C14H18N2O3S/c1-18-9-5-6-10(13(15)20)12(8-9)16-7-3-4-11(16)14(17)19-2/h5-6,8,11H,3-4,7H2,1-2H3,(H2,15,20). The Hall–Kier alpha value is -1.82. The third-order valence-corrected chi connectivity index (χ3v) is 3.73. The van der Waals surface area contributed by atoms with Gasteiger partial charge in [-0.25, -0.2) is 4.79 Å². The second kappa shape index (κ2) is 6.09. The van der Waals surface area contributed by atoms with Crippen LogP contribution in [0.3, 0.4) is 0 Å². The summed E-state index contributed by atoms with van der Waals surface area (Å²) >= 11 is 5.09. The van der Waals surface area contributed by atoms with Crippen molar-refractivity contribution in [1.29, 1.82) is 0 Å². The first-order valence-electron chi connectivity index (χ1n) is 6.40. The number of carbonyl (C=O) groups is 1. The van der Waals surface area contributed by atoms with Gasteiger partial charge in [0.2, 0.25) is 0 Å². The van der Waals surface area contributed by atoms with Crippen molar-refractivity contribution in [3.8, 4) is 5.75 Å². The highest BCUT2D eigenvalue weighted by molar-refractivity contribution is 7.80. The van der Waals surface area contributed by atoms with Gasteiger partial charge in [-0.1, -0.05) is 12.2 Å². The Balaban J connectivity index is 2.43. The summed E-state index contributed by atoms with van der Waals surface area (Å²) in [6.07, 6.45) is 1.69. The van der Waals surface area contributed by atoms with Gasteiger partial charge in [0, 0.05) is 18.2 Å². The number of esters is 1. The van der Waals surface area contributed by atoms with Gasteiger partial charge in [0.25, 0.3) is 0 Å². The van der Waals surface area contributed by atoms with E-state index in [2.05, 4.69) is 0 Å². The Morgan fingerprint density at radius 1 is 1.45 bits per heavy atom. The molecule has 0 bridgehead atoms. The average molecular weight is 294 g/mol. The van der Waals surface area contributed by atoms with E-state index in [1.54, 1.807) is 13.2 Å². The normalized spacial score (nSPS) is 17.9. The maximum atomic E-state index is 11.9. The molecule has 1 aromatic rings. The molecule has 2 N–H and O–H groups in total. The zero-order chi connectivity index (χ0) is 14.7. The molecular weight excluding hydrogens is 276 g/mol. The van der Waals surface area contributed by atoms with Crippen LogP contribution in [0.5, 0.6) is 5.75 Å². The highest BCUT2D eigenvalue weighted by atomic mass is 32.1. The first kappa shape index (κ1) is 14.6. The van der Waals surface area contributed by atoms with E-state index in [0.29, 0.717) is 10.7 Å². The third kappa shape index (κ3) is 2.70. The number of hydrogen-bond acceptors (Lipinski definition) is 5. The number of carbonyl (C=O) groups excluding carboxylic acids is 1. The van der Waals surface area contributed by atoms with E-state index in [9.17, 15) is 4.79 Å². The molecule has 2 rings (SSSR count). The SMILES string of the molecule is COC(=O)C1CCCN1c1cc(OC)ccc1C(N)=S. The summed E-state index contributed by atoms with van der Waals surface area (Å²) in [6.45, 7) is 0.766. The molecule has 1 fully saturated rings. The number of nitrogens with zero attached hydrogens (tertiary/aromatic N) is 1. The fourth-order valence-corrected chi connectivity index (χ4v) is 2.69. The van der Waals surface area contributed by atoms with Gasteiger partial charge >= 0.3 is 5.97 Å². The molecule has 1 aliphatic rings. The van der Waals surface area contributed by atoms with Crippen molar-refractivity contribution in [1.82, 2.24) is 0 Å². The monoisotopic (exact) mass is 294 g/mol. The molecular formula is C14H18N2O3S. The van der Waals surface area contributed by atoms with E-state index in [1.807, 2.05) is 17.0 Å². The van der Waals surface area contributed by atoms with Gasteiger partial charge in [-0.2, -0.15) is 0 Å². The van der Waals surface area contributed by atoms with Crippen molar-refractivity contribution in [2.24, 2.45) is 5.73 Å². The molecule has 1 aliphatic heterocycles. The molecule has 0 aromatic heterocycles. The number of methoxy groups -OCH3 is 2. The lowest BCUT2D eigenvalue weighted by Gasteiger charge is -2.27. The molecule has 1 heterocycles. The number of rotatable bonds is 4. The van der Waals surface area contributed by atoms with Gasteiger partial charge < -0.3 is 20.1 Å². The van der Waals surface area contributed by atoms with Crippen LogP contribution in [0.15, 0.2) is 18.2 Å².